The second kappa shape index (κ2) is 13.4. The van der Waals surface area contributed by atoms with E-state index in [0.717, 1.165) is 44.7 Å². The van der Waals surface area contributed by atoms with Crippen LogP contribution in [0.5, 0.6) is 28.7 Å². The van der Waals surface area contributed by atoms with Crippen LogP contribution in [0, 0.1) is 13.8 Å². The quantitative estimate of drug-likeness (QED) is 0.152. The highest BCUT2D eigenvalue weighted by molar-refractivity contribution is 7.37. The van der Waals surface area contributed by atoms with Crippen molar-refractivity contribution in [1.82, 2.24) is 0 Å². The highest BCUT2D eigenvalue weighted by Crippen LogP contribution is 2.59. The van der Waals surface area contributed by atoms with Gasteiger partial charge in [-0.15, -0.1) is 27.7 Å². The molecule has 0 amide bonds. The number of methoxy groups -OCH3 is 4. The normalized spacial score (nSPS) is 14.6. The maximum absolute atomic E-state index is 7.53. The monoisotopic (exact) mass is 770 g/mol. The van der Waals surface area contributed by atoms with Crippen molar-refractivity contribution in [1.29, 1.82) is 0 Å². The van der Waals surface area contributed by atoms with E-state index < -0.39 is 5.60 Å². The summed E-state index contributed by atoms with van der Waals surface area (Å²) in [5.41, 5.74) is 11.6. The third kappa shape index (κ3) is 5.31. The van der Waals surface area contributed by atoms with E-state index in [-0.39, 0.29) is 5.41 Å². The first-order valence-electron chi connectivity index (χ1n) is 17.9. The number of ether oxygens (including phenoxy) is 5. The van der Waals surface area contributed by atoms with E-state index in [1.54, 1.807) is 28.4 Å². The molecule has 3 atom stereocenters. The smallest absolute Gasteiger partial charge is 0.178 e. The zero-order valence-corrected chi connectivity index (χ0v) is 35.4. The van der Waals surface area contributed by atoms with Gasteiger partial charge in [-0.05, 0) is 128 Å². The minimum Gasteiger partial charge on any atom is -0.497 e. The van der Waals surface area contributed by atoms with Crippen molar-refractivity contribution in [2.75, 3.05) is 28.4 Å². The van der Waals surface area contributed by atoms with Crippen molar-refractivity contribution >= 4 is 60.5 Å². The molecule has 1 aliphatic carbocycles. The first kappa shape index (κ1) is 36.6. The number of hydrogen-bond acceptors (Lipinski definition) is 5. The number of hydrogen-bond donors (Lipinski definition) is 0. The number of rotatable bonds is 7. The Morgan fingerprint density at radius 3 is 1.70 bits per heavy atom. The topological polar surface area (TPSA) is 46.2 Å². The Morgan fingerprint density at radius 2 is 1.15 bits per heavy atom. The molecule has 1 aliphatic heterocycles. The van der Waals surface area contributed by atoms with Gasteiger partial charge in [-0.3, -0.25) is 0 Å². The maximum Gasteiger partial charge on any atom is 0.178 e. The molecule has 3 unspecified atom stereocenters. The Kier molecular flexibility index (Phi) is 9.09. The predicted octanol–water partition coefficient (Wildman–Crippen LogP) is 9.31. The minimum absolute atomic E-state index is 0.369. The average Bonchev–Trinajstić information content (AvgIpc) is 3.44. The van der Waals surface area contributed by atoms with Crippen LogP contribution in [0.3, 0.4) is 0 Å². The summed E-state index contributed by atoms with van der Waals surface area (Å²) >= 11 is 0. The lowest BCUT2D eigenvalue weighted by Gasteiger charge is -2.38. The lowest BCUT2D eigenvalue weighted by molar-refractivity contribution is 0.163. The molecule has 8 rings (SSSR count). The molecule has 6 aromatic carbocycles. The Labute approximate surface area is 325 Å². The lowest BCUT2D eigenvalue weighted by Crippen LogP contribution is -2.35. The minimum atomic E-state index is -0.952. The summed E-state index contributed by atoms with van der Waals surface area (Å²) in [5.74, 6) is 3.66. The van der Waals surface area contributed by atoms with Crippen LogP contribution in [-0.2, 0) is 11.0 Å². The number of fused-ring (bicyclic) bond motifs is 8. The van der Waals surface area contributed by atoms with Gasteiger partial charge in [0.05, 0.1) is 28.4 Å². The molecule has 0 radical (unpaired) electrons. The molecule has 0 saturated heterocycles. The van der Waals surface area contributed by atoms with E-state index in [2.05, 4.69) is 122 Å². The molecular formula is C46H45O5P3. The Bertz CT molecular complexity index is 2460. The van der Waals surface area contributed by atoms with Gasteiger partial charge in [0, 0.05) is 27.5 Å². The van der Waals surface area contributed by atoms with Crippen LogP contribution in [0.1, 0.15) is 52.8 Å². The first-order valence-corrected chi connectivity index (χ1v) is 19.7. The van der Waals surface area contributed by atoms with E-state index in [1.807, 2.05) is 24.3 Å². The van der Waals surface area contributed by atoms with Gasteiger partial charge in [-0.2, -0.15) is 0 Å². The second-order valence-electron chi connectivity index (χ2n) is 14.6. The van der Waals surface area contributed by atoms with E-state index >= 15 is 0 Å². The molecule has 2 aliphatic rings. The second-order valence-corrected chi connectivity index (χ2v) is 16.4. The number of benzene rings is 6. The third-order valence-corrected chi connectivity index (χ3v) is 14.1. The van der Waals surface area contributed by atoms with E-state index in [9.17, 15) is 0 Å². The van der Waals surface area contributed by atoms with E-state index in [0.29, 0.717) is 11.5 Å². The molecule has 8 heteroatoms. The fourth-order valence-electron chi connectivity index (χ4n) is 8.50. The van der Waals surface area contributed by atoms with Gasteiger partial charge < -0.3 is 23.7 Å². The molecule has 0 fully saturated rings. The van der Waals surface area contributed by atoms with Gasteiger partial charge in [0.1, 0.15) is 17.2 Å². The first-order chi connectivity index (χ1) is 25.9. The Morgan fingerprint density at radius 1 is 0.593 bits per heavy atom. The fraction of sp³-hybridized carbons (Fsp3) is 0.217. The highest BCUT2D eigenvalue weighted by atomic mass is 31.0. The zero-order chi connectivity index (χ0) is 38.3. The van der Waals surface area contributed by atoms with Crippen LogP contribution in [0.15, 0.2) is 84.9 Å². The molecule has 6 aromatic rings. The van der Waals surface area contributed by atoms with Crippen molar-refractivity contribution in [3.63, 3.8) is 0 Å². The van der Waals surface area contributed by atoms with Gasteiger partial charge >= 0.3 is 0 Å². The predicted molar refractivity (Wildman–Crippen MR) is 234 cm³/mol. The summed E-state index contributed by atoms with van der Waals surface area (Å²) in [6.45, 7) is 9.07. The SMILES string of the molecule is COc1ccc(C2(c3ccc(OC)cc3)C=Cc3c4c(c5cc(OC)c(OC)cc5c3O2)-c2ccc(-c3c(P)c(C)c(C)c(P)c3P)cc2C4(C)C)cc1. The molecule has 54 heavy (non-hydrogen) atoms. The maximum atomic E-state index is 7.53. The van der Waals surface area contributed by atoms with Gasteiger partial charge in [-0.25, -0.2) is 0 Å². The molecule has 0 saturated carbocycles. The van der Waals surface area contributed by atoms with Gasteiger partial charge in [0.15, 0.2) is 17.1 Å². The summed E-state index contributed by atoms with van der Waals surface area (Å²) in [6.07, 6.45) is 4.47. The molecule has 0 spiro atoms. The van der Waals surface area contributed by atoms with Crippen molar-refractivity contribution in [3.8, 4) is 51.0 Å². The summed E-state index contributed by atoms with van der Waals surface area (Å²) in [7, 11) is 15.7. The molecule has 1 heterocycles. The fourth-order valence-corrected chi connectivity index (χ4v) is 10.1. The third-order valence-electron chi connectivity index (χ3n) is 11.7. The molecular weight excluding hydrogens is 725 g/mol. The summed E-state index contributed by atoms with van der Waals surface area (Å²) in [6, 6.07) is 27.4. The van der Waals surface area contributed by atoms with Crippen LogP contribution in [0.4, 0.5) is 0 Å². The van der Waals surface area contributed by atoms with Gasteiger partial charge in [-0.1, -0.05) is 56.3 Å². The Hall–Kier alpha value is -4.39. The van der Waals surface area contributed by atoms with Crippen molar-refractivity contribution in [3.05, 3.63) is 124 Å². The van der Waals surface area contributed by atoms with Gasteiger partial charge in [0.2, 0.25) is 0 Å². The molecule has 274 valence electrons. The largest absolute Gasteiger partial charge is 0.497 e. The summed E-state index contributed by atoms with van der Waals surface area (Å²) in [4.78, 5) is 0. The van der Waals surface area contributed by atoms with Crippen molar-refractivity contribution < 1.29 is 23.7 Å². The molecule has 0 N–H and O–H groups in total. The average molecular weight is 771 g/mol. The zero-order valence-electron chi connectivity index (χ0n) is 31.9. The Balaban J connectivity index is 1.42. The van der Waals surface area contributed by atoms with Crippen LogP contribution >= 0.6 is 27.7 Å². The van der Waals surface area contributed by atoms with Crippen LogP contribution in [-0.4, -0.2) is 28.4 Å². The molecule has 5 nitrogen and oxygen atoms in total. The van der Waals surface area contributed by atoms with Crippen molar-refractivity contribution in [2.45, 2.75) is 38.7 Å². The van der Waals surface area contributed by atoms with Crippen LogP contribution in [0.25, 0.3) is 39.1 Å². The van der Waals surface area contributed by atoms with E-state index in [1.165, 1.54) is 60.4 Å². The standard InChI is InChI=1S/C46H45O5P3/c1-24-25(2)43(53)44(54)38(42(24)52)26-9-18-31-35(21-26)45(3,4)40-32-19-20-46(27-10-14-29(47-5)15-11-27,28-12-16-30(48-6)17-13-28)51-41(32)34-23-37(50-8)36(49-7)22-33(34)39(31)40/h9-23H,52-54H2,1-8H3. The van der Waals surface area contributed by atoms with Gasteiger partial charge in [0.25, 0.3) is 0 Å². The van der Waals surface area contributed by atoms with Crippen LogP contribution in [0.2, 0.25) is 0 Å². The lowest BCUT2D eigenvalue weighted by atomic mass is 9.76. The molecule has 0 bridgehead atoms. The summed E-state index contributed by atoms with van der Waals surface area (Å²) in [5, 5.41) is 5.65. The molecule has 0 aromatic heterocycles. The van der Waals surface area contributed by atoms with E-state index in [4.69, 9.17) is 23.7 Å². The van der Waals surface area contributed by atoms with Crippen molar-refractivity contribution in [2.24, 2.45) is 0 Å². The van der Waals surface area contributed by atoms with Crippen LogP contribution < -0.4 is 39.6 Å². The highest BCUT2D eigenvalue weighted by Gasteiger charge is 2.45. The summed E-state index contributed by atoms with van der Waals surface area (Å²) < 4.78 is 30.5.